The van der Waals surface area contributed by atoms with Gasteiger partial charge in [0, 0.05) is 25.2 Å². The average Bonchev–Trinajstić information content (AvgIpc) is 2.47. The minimum absolute atomic E-state index is 0.0266. The molecule has 0 aromatic heterocycles. The van der Waals surface area contributed by atoms with Gasteiger partial charge in [-0.25, -0.2) is 8.42 Å². The summed E-state index contributed by atoms with van der Waals surface area (Å²) >= 11 is 0. The molecular formula is C13H16N2O4S. The molecule has 1 fully saturated rings. The van der Waals surface area contributed by atoms with E-state index in [-0.39, 0.29) is 10.8 Å². The van der Waals surface area contributed by atoms with E-state index in [2.05, 4.69) is 5.32 Å². The van der Waals surface area contributed by atoms with Crippen LogP contribution in [0.4, 0.5) is 5.69 Å². The van der Waals surface area contributed by atoms with Crippen molar-refractivity contribution in [1.82, 2.24) is 4.31 Å². The van der Waals surface area contributed by atoms with E-state index in [4.69, 9.17) is 4.74 Å². The van der Waals surface area contributed by atoms with Gasteiger partial charge < -0.3 is 10.1 Å². The van der Waals surface area contributed by atoms with Crippen molar-refractivity contribution in [3.63, 3.8) is 0 Å². The molecule has 3 rings (SSSR count). The van der Waals surface area contributed by atoms with Crippen LogP contribution in [0.2, 0.25) is 0 Å². The predicted octanol–water partition coefficient (Wildman–Crippen LogP) is 0.592. The number of morpholine rings is 1. The molecule has 0 aliphatic carbocycles. The Morgan fingerprint density at radius 2 is 1.90 bits per heavy atom. The number of fused-ring (bicyclic) bond motifs is 1. The van der Waals surface area contributed by atoms with Crippen LogP contribution in [0.5, 0.6) is 0 Å². The van der Waals surface area contributed by atoms with Crippen LogP contribution in [0, 0.1) is 0 Å². The van der Waals surface area contributed by atoms with Gasteiger partial charge in [0.1, 0.15) is 0 Å². The van der Waals surface area contributed by atoms with Crippen molar-refractivity contribution in [1.29, 1.82) is 0 Å². The van der Waals surface area contributed by atoms with E-state index in [1.54, 1.807) is 18.2 Å². The minimum Gasteiger partial charge on any atom is -0.379 e. The van der Waals surface area contributed by atoms with Crippen molar-refractivity contribution in [3.05, 3.63) is 23.8 Å². The molecule has 0 saturated carbocycles. The molecule has 2 heterocycles. The number of hydrogen-bond donors (Lipinski definition) is 1. The number of hydrogen-bond acceptors (Lipinski definition) is 4. The zero-order valence-electron chi connectivity index (χ0n) is 11.0. The van der Waals surface area contributed by atoms with Crippen LogP contribution in [-0.4, -0.2) is 44.9 Å². The largest absolute Gasteiger partial charge is 0.379 e. The Labute approximate surface area is 117 Å². The summed E-state index contributed by atoms with van der Waals surface area (Å²) in [4.78, 5) is 11.6. The van der Waals surface area contributed by atoms with Gasteiger partial charge in [-0.3, -0.25) is 4.79 Å². The fourth-order valence-electron chi connectivity index (χ4n) is 2.46. The highest BCUT2D eigenvalue weighted by atomic mass is 32.2. The number of ether oxygens (including phenoxy) is 1. The monoisotopic (exact) mass is 296 g/mol. The lowest BCUT2D eigenvalue weighted by Gasteiger charge is -2.26. The van der Waals surface area contributed by atoms with Crippen molar-refractivity contribution in [2.24, 2.45) is 0 Å². The van der Waals surface area contributed by atoms with Crippen LogP contribution in [0.1, 0.15) is 12.0 Å². The first-order chi connectivity index (χ1) is 9.57. The van der Waals surface area contributed by atoms with E-state index in [0.29, 0.717) is 44.8 Å². The Morgan fingerprint density at radius 1 is 1.15 bits per heavy atom. The Kier molecular flexibility index (Phi) is 3.49. The maximum absolute atomic E-state index is 12.5. The highest BCUT2D eigenvalue weighted by Crippen LogP contribution is 2.27. The third-order valence-electron chi connectivity index (χ3n) is 3.58. The second kappa shape index (κ2) is 5.16. The number of nitrogens with one attached hydrogen (secondary N) is 1. The molecular weight excluding hydrogens is 280 g/mol. The first-order valence-corrected chi connectivity index (χ1v) is 8.02. The predicted molar refractivity (Wildman–Crippen MR) is 73.0 cm³/mol. The third kappa shape index (κ3) is 2.44. The van der Waals surface area contributed by atoms with Crippen LogP contribution < -0.4 is 5.32 Å². The summed E-state index contributed by atoms with van der Waals surface area (Å²) < 4.78 is 31.7. The summed E-state index contributed by atoms with van der Waals surface area (Å²) in [6.07, 6.45) is 0.974. The number of benzene rings is 1. The molecule has 108 valence electrons. The van der Waals surface area contributed by atoms with Gasteiger partial charge >= 0.3 is 0 Å². The fraction of sp³-hybridized carbons (Fsp3) is 0.462. The van der Waals surface area contributed by atoms with E-state index in [1.807, 2.05) is 0 Å². The summed E-state index contributed by atoms with van der Waals surface area (Å²) in [6, 6.07) is 4.88. The van der Waals surface area contributed by atoms with Crippen LogP contribution >= 0.6 is 0 Å². The van der Waals surface area contributed by atoms with Crippen LogP contribution in [-0.2, 0) is 26.0 Å². The molecule has 2 aliphatic heterocycles. The summed E-state index contributed by atoms with van der Waals surface area (Å²) in [5.74, 6) is -0.0266. The molecule has 1 amide bonds. The Balaban J connectivity index is 1.92. The van der Waals surface area contributed by atoms with E-state index >= 15 is 0 Å². The minimum atomic E-state index is -3.47. The lowest BCUT2D eigenvalue weighted by molar-refractivity contribution is -0.116. The van der Waals surface area contributed by atoms with Gasteiger partial charge in [-0.15, -0.1) is 0 Å². The third-order valence-corrected chi connectivity index (χ3v) is 5.47. The molecule has 7 heteroatoms. The number of carbonyl (C=O) groups is 1. The maximum Gasteiger partial charge on any atom is 0.243 e. The van der Waals surface area contributed by atoms with Gasteiger partial charge in [0.2, 0.25) is 15.9 Å². The second-order valence-corrected chi connectivity index (χ2v) is 6.82. The summed E-state index contributed by atoms with van der Waals surface area (Å²) in [5, 5.41) is 2.75. The normalized spacial score (nSPS) is 20.3. The van der Waals surface area contributed by atoms with Crippen molar-refractivity contribution in [3.8, 4) is 0 Å². The van der Waals surface area contributed by atoms with Crippen molar-refractivity contribution in [2.45, 2.75) is 17.7 Å². The van der Waals surface area contributed by atoms with Crippen molar-refractivity contribution >= 4 is 21.6 Å². The highest BCUT2D eigenvalue weighted by Gasteiger charge is 2.27. The van der Waals surface area contributed by atoms with Gasteiger partial charge in [-0.2, -0.15) is 4.31 Å². The number of sulfonamides is 1. The SMILES string of the molecule is O=C1CCc2cc(S(=O)(=O)N3CCOCC3)ccc2N1. The maximum atomic E-state index is 12.5. The lowest BCUT2D eigenvalue weighted by Crippen LogP contribution is -2.40. The van der Waals surface area contributed by atoms with Gasteiger partial charge in [-0.05, 0) is 30.2 Å². The molecule has 20 heavy (non-hydrogen) atoms. The highest BCUT2D eigenvalue weighted by molar-refractivity contribution is 7.89. The van der Waals surface area contributed by atoms with E-state index < -0.39 is 10.0 Å². The van der Waals surface area contributed by atoms with Crippen LogP contribution in [0.3, 0.4) is 0 Å². The molecule has 0 bridgehead atoms. The standard InChI is InChI=1S/C13H16N2O4S/c16-13-4-1-10-9-11(2-3-12(10)14-13)20(17,18)15-5-7-19-8-6-15/h2-3,9H,1,4-8H2,(H,14,16). The van der Waals surface area contributed by atoms with Crippen molar-refractivity contribution in [2.75, 3.05) is 31.6 Å². The molecule has 0 radical (unpaired) electrons. The molecule has 1 aromatic carbocycles. The fourth-order valence-corrected chi connectivity index (χ4v) is 3.92. The number of rotatable bonds is 2. The first-order valence-electron chi connectivity index (χ1n) is 6.58. The summed E-state index contributed by atoms with van der Waals surface area (Å²) in [7, 11) is -3.47. The van der Waals surface area contributed by atoms with Gasteiger partial charge in [-0.1, -0.05) is 0 Å². The number of anilines is 1. The molecule has 2 aliphatic rings. The van der Waals surface area contributed by atoms with Crippen LogP contribution in [0.25, 0.3) is 0 Å². The first kappa shape index (κ1) is 13.5. The number of amides is 1. The number of aryl methyl sites for hydroxylation is 1. The van der Waals surface area contributed by atoms with E-state index in [1.165, 1.54) is 4.31 Å². The summed E-state index contributed by atoms with van der Waals surface area (Å²) in [5.41, 5.74) is 1.58. The molecule has 0 atom stereocenters. The zero-order chi connectivity index (χ0) is 14.2. The topological polar surface area (TPSA) is 75.7 Å². The molecule has 6 nitrogen and oxygen atoms in total. The number of nitrogens with zero attached hydrogens (tertiary/aromatic N) is 1. The van der Waals surface area contributed by atoms with Gasteiger partial charge in [0.05, 0.1) is 18.1 Å². The molecule has 1 aromatic rings. The van der Waals surface area contributed by atoms with Crippen molar-refractivity contribution < 1.29 is 17.9 Å². The molecule has 0 unspecified atom stereocenters. The second-order valence-electron chi connectivity index (χ2n) is 4.88. The van der Waals surface area contributed by atoms with E-state index in [9.17, 15) is 13.2 Å². The Hall–Kier alpha value is -1.44. The number of carbonyl (C=O) groups excluding carboxylic acids is 1. The van der Waals surface area contributed by atoms with Crippen LogP contribution in [0.15, 0.2) is 23.1 Å². The molecule has 0 spiro atoms. The smallest absolute Gasteiger partial charge is 0.243 e. The van der Waals surface area contributed by atoms with Gasteiger partial charge in [0.15, 0.2) is 0 Å². The molecule has 1 N–H and O–H groups in total. The summed E-state index contributed by atoms with van der Waals surface area (Å²) in [6.45, 7) is 1.63. The quantitative estimate of drug-likeness (QED) is 0.867. The average molecular weight is 296 g/mol. The molecule has 1 saturated heterocycles. The Bertz CT molecular complexity index is 636. The van der Waals surface area contributed by atoms with E-state index in [0.717, 1.165) is 5.56 Å². The lowest BCUT2D eigenvalue weighted by atomic mass is 10.0. The Morgan fingerprint density at radius 3 is 2.65 bits per heavy atom. The van der Waals surface area contributed by atoms with Gasteiger partial charge in [0.25, 0.3) is 0 Å². The zero-order valence-corrected chi connectivity index (χ0v) is 11.8.